The highest BCUT2D eigenvalue weighted by Gasteiger charge is 2.62. The Morgan fingerprint density at radius 1 is 0.673 bits per heavy atom. The summed E-state index contributed by atoms with van der Waals surface area (Å²) in [6.07, 6.45) is 0. The number of ether oxygens (including phenoxy) is 4. The van der Waals surface area contributed by atoms with E-state index < -0.39 is 57.8 Å². The van der Waals surface area contributed by atoms with Crippen molar-refractivity contribution in [3.05, 3.63) is 102 Å². The zero-order valence-electron chi connectivity index (χ0n) is 30.5. The molecule has 7 rings (SSSR count). The van der Waals surface area contributed by atoms with Crippen LogP contribution in [0.15, 0.2) is 79.8 Å². The number of anilines is 1. The molecule has 0 saturated heterocycles. The van der Waals surface area contributed by atoms with Gasteiger partial charge in [-0.2, -0.15) is 0 Å². The number of esters is 4. The standard InChI is InChI=1S/C39H32N2O11S3/c1-18-11-8-16-22-25-31(53-28(35(46)50-5)26(34(45)49-4)39(25)54-29(36(47)51-6)30(55-39)37(48)52-7)38(2,3)41(27(18)22)23(42)17-40-32(43)20-14-9-12-19-13-10-15-21(24(19)20)33(40)44/h8-16H,17H2,1-7H3. The van der Waals surface area contributed by atoms with E-state index in [2.05, 4.69) is 0 Å². The third kappa shape index (κ3) is 5.52. The van der Waals surface area contributed by atoms with Crippen LogP contribution in [0.25, 0.3) is 16.3 Å². The van der Waals surface area contributed by atoms with Crippen LogP contribution in [0.5, 0.6) is 0 Å². The second kappa shape index (κ2) is 13.8. The van der Waals surface area contributed by atoms with Gasteiger partial charge >= 0.3 is 23.9 Å². The minimum absolute atomic E-state index is 0.174. The smallest absolute Gasteiger partial charge is 0.345 e. The Balaban J connectivity index is 1.43. The van der Waals surface area contributed by atoms with Gasteiger partial charge in [-0.15, -0.1) is 0 Å². The molecule has 13 nitrogen and oxygen atoms in total. The number of hydrogen-bond acceptors (Lipinski definition) is 14. The molecule has 0 unspecified atom stereocenters. The van der Waals surface area contributed by atoms with Gasteiger partial charge < -0.3 is 18.9 Å². The highest BCUT2D eigenvalue weighted by molar-refractivity contribution is 8.26. The lowest BCUT2D eigenvalue weighted by Crippen LogP contribution is -2.57. The van der Waals surface area contributed by atoms with Crippen LogP contribution in [0.2, 0.25) is 0 Å². The number of rotatable bonds is 6. The molecule has 3 aromatic rings. The summed E-state index contributed by atoms with van der Waals surface area (Å²) in [6, 6.07) is 15.5. The van der Waals surface area contributed by atoms with Gasteiger partial charge in [0.25, 0.3) is 11.8 Å². The Morgan fingerprint density at radius 2 is 1.16 bits per heavy atom. The number of fused-ring (bicyclic) bond motifs is 3. The second-order valence-corrected chi connectivity index (χ2v) is 16.8. The van der Waals surface area contributed by atoms with Crippen molar-refractivity contribution in [2.45, 2.75) is 30.4 Å². The molecule has 0 aromatic heterocycles. The first-order chi connectivity index (χ1) is 26.2. The fourth-order valence-electron chi connectivity index (χ4n) is 7.39. The number of carbonyl (C=O) groups excluding carboxylic acids is 7. The van der Waals surface area contributed by atoms with Gasteiger partial charge in [-0.1, -0.05) is 77.8 Å². The average molecular weight is 801 g/mol. The lowest BCUT2D eigenvalue weighted by molar-refractivity contribution is -0.138. The van der Waals surface area contributed by atoms with E-state index in [-0.39, 0.29) is 20.3 Å². The highest BCUT2D eigenvalue weighted by atomic mass is 32.2. The summed E-state index contributed by atoms with van der Waals surface area (Å²) < 4.78 is 18.8. The predicted octanol–water partition coefficient (Wildman–Crippen LogP) is 5.36. The normalized spacial score (nSPS) is 18.0. The van der Waals surface area contributed by atoms with E-state index in [0.29, 0.717) is 43.8 Å². The molecule has 0 radical (unpaired) electrons. The maximum atomic E-state index is 14.9. The highest BCUT2D eigenvalue weighted by Crippen LogP contribution is 2.71. The fourth-order valence-corrected chi connectivity index (χ4v) is 12.4. The van der Waals surface area contributed by atoms with Gasteiger partial charge in [-0.25, -0.2) is 19.2 Å². The van der Waals surface area contributed by atoms with E-state index in [0.717, 1.165) is 74.0 Å². The van der Waals surface area contributed by atoms with Crippen LogP contribution in [0.4, 0.5) is 5.69 Å². The Kier molecular flexibility index (Phi) is 9.50. The molecule has 3 aromatic carbocycles. The van der Waals surface area contributed by atoms with Gasteiger partial charge in [0.1, 0.15) is 25.3 Å². The van der Waals surface area contributed by atoms with Crippen LogP contribution in [0.3, 0.4) is 0 Å². The summed E-state index contributed by atoms with van der Waals surface area (Å²) >= 11 is 2.52. The van der Waals surface area contributed by atoms with Crippen LogP contribution in [-0.4, -0.2) is 91.1 Å². The van der Waals surface area contributed by atoms with E-state index in [4.69, 9.17) is 18.9 Å². The topological polar surface area (TPSA) is 163 Å². The van der Waals surface area contributed by atoms with Gasteiger partial charge in [-0.3, -0.25) is 24.2 Å². The molecule has 4 aliphatic heterocycles. The molecule has 4 aliphatic rings. The van der Waals surface area contributed by atoms with E-state index in [1.54, 1.807) is 75.4 Å². The largest absolute Gasteiger partial charge is 0.466 e. The van der Waals surface area contributed by atoms with E-state index in [1.807, 2.05) is 0 Å². The number of methoxy groups -OCH3 is 4. The zero-order chi connectivity index (χ0) is 39.7. The Labute approximate surface area is 327 Å². The first-order valence-corrected chi connectivity index (χ1v) is 19.1. The molecule has 16 heteroatoms. The van der Waals surface area contributed by atoms with Crippen molar-refractivity contribution in [2.75, 3.05) is 39.9 Å². The van der Waals surface area contributed by atoms with Crippen molar-refractivity contribution < 1.29 is 52.5 Å². The molecule has 0 saturated carbocycles. The number of thioether (sulfide) groups is 3. The summed E-state index contributed by atoms with van der Waals surface area (Å²) in [4.78, 5) is 99.3. The van der Waals surface area contributed by atoms with Gasteiger partial charge in [0.05, 0.1) is 45.2 Å². The van der Waals surface area contributed by atoms with Crippen molar-refractivity contribution in [1.29, 1.82) is 0 Å². The quantitative estimate of drug-likeness (QED) is 0.178. The summed E-state index contributed by atoms with van der Waals surface area (Å²) in [7, 11) is 4.56. The second-order valence-electron chi connectivity index (χ2n) is 13.1. The average Bonchev–Trinajstić information content (AvgIpc) is 3.57. The van der Waals surface area contributed by atoms with Crippen molar-refractivity contribution in [3.63, 3.8) is 0 Å². The number of nitrogens with zero attached hydrogens (tertiary/aromatic N) is 2. The molecule has 0 bridgehead atoms. The number of hydrogen-bond donors (Lipinski definition) is 0. The molecule has 282 valence electrons. The van der Waals surface area contributed by atoms with Gasteiger partial charge in [0, 0.05) is 32.6 Å². The molecule has 0 fully saturated rings. The molecule has 1 spiro atoms. The molecular weight excluding hydrogens is 769 g/mol. The zero-order valence-corrected chi connectivity index (χ0v) is 33.0. The Morgan fingerprint density at radius 3 is 1.69 bits per heavy atom. The lowest BCUT2D eigenvalue weighted by atomic mass is 9.82. The van der Waals surface area contributed by atoms with Gasteiger partial charge in [0.15, 0.2) is 0 Å². The lowest BCUT2D eigenvalue weighted by Gasteiger charge is -2.51. The van der Waals surface area contributed by atoms with Crippen LogP contribution < -0.4 is 4.90 Å². The molecular formula is C39H32N2O11S3. The van der Waals surface area contributed by atoms with Crippen molar-refractivity contribution in [2.24, 2.45) is 0 Å². The maximum Gasteiger partial charge on any atom is 0.345 e. The summed E-state index contributed by atoms with van der Waals surface area (Å²) in [5.41, 5.74) is 0.820. The first-order valence-electron chi connectivity index (χ1n) is 16.6. The van der Waals surface area contributed by atoms with Crippen LogP contribution in [-0.2, 0) is 42.9 Å². The van der Waals surface area contributed by atoms with Crippen molar-refractivity contribution in [3.8, 4) is 0 Å². The number of amides is 3. The molecule has 0 N–H and O–H groups in total. The van der Waals surface area contributed by atoms with E-state index in [1.165, 1.54) is 4.90 Å². The molecule has 0 aliphatic carbocycles. The van der Waals surface area contributed by atoms with Gasteiger partial charge in [0.2, 0.25) is 5.91 Å². The predicted molar refractivity (Wildman–Crippen MR) is 207 cm³/mol. The molecule has 0 atom stereocenters. The Hall–Kier alpha value is -5.32. The van der Waals surface area contributed by atoms with E-state index >= 15 is 0 Å². The molecule has 4 heterocycles. The molecule has 3 amide bonds. The molecule has 55 heavy (non-hydrogen) atoms. The van der Waals surface area contributed by atoms with Crippen LogP contribution in [0, 0.1) is 6.92 Å². The Bertz CT molecular complexity index is 2350. The minimum atomic E-state index is -1.76. The summed E-state index contributed by atoms with van der Waals surface area (Å²) in [5, 5.41) is 1.24. The summed E-state index contributed by atoms with van der Waals surface area (Å²) in [6.45, 7) is 4.60. The van der Waals surface area contributed by atoms with E-state index in [9.17, 15) is 33.6 Å². The SMILES string of the molecule is COC(=O)C1=C(C(=O)OC)SC2(S1)C(C(=O)OC)=C(C(=O)OC)SC1=C2c2cccc(C)c2N(C(=O)CN2C(=O)c3cccc4cccc(c34)C2=O)C1(C)C. The number of imide groups is 1. The fraction of sp³-hybridized carbons (Fsp3) is 0.256. The number of para-hydroxylation sites is 1. The number of benzene rings is 3. The number of aryl methyl sites for hydroxylation is 1. The van der Waals surface area contributed by atoms with Crippen LogP contribution in [0.1, 0.15) is 45.7 Å². The van der Waals surface area contributed by atoms with Gasteiger partial charge in [-0.05, 0) is 43.9 Å². The summed E-state index contributed by atoms with van der Waals surface area (Å²) in [5.74, 6) is -5.48. The third-order valence-electron chi connectivity index (χ3n) is 9.76. The number of carbonyl (C=O) groups is 7. The minimum Gasteiger partial charge on any atom is -0.466 e. The van der Waals surface area contributed by atoms with Crippen molar-refractivity contribution in [1.82, 2.24) is 4.90 Å². The monoisotopic (exact) mass is 800 g/mol. The third-order valence-corrected chi connectivity index (χ3v) is 14.4. The maximum absolute atomic E-state index is 14.9. The first kappa shape index (κ1) is 38.0. The van der Waals surface area contributed by atoms with Crippen molar-refractivity contribution >= 4 is 98.9 Å². The van der Waals surface area contributed by atoms with Crippen LogP contribution >= 0.6 is 35.3 Å².